The first-order valence-corrected chi connectivity index (χ1v) is 13.1. The smallest absolute Gasteiger partial charge is 0.366 e. The molecule has 0 amide bonds. The van der Waals surface area contributed by atoms with Gasteiger partial charge in [0.1, 0.15) is 23.3 Å². The Morgan fingerprint density at radius 2 is 2.03 bits per heavy atom. The molecule has 6 rings (SSSR count). The van der Waals surface area contributed by atoms with Crippen LogP contribution in [-0.4, -0.2) is 58.8 Å². The first kappa shape index (κ1) is 24.5. The van der Waals surface area contributed by atoms with Crippen molar-refractivity contribution >= 4 is 17.5 Å². The van der Waals surface area contributed by atoms with Gasteiger partial charge in [-0.2, -0.15) is 19.6 Å². The molecule has 2 aliphatic heterocycles. The van der Waals surface area contributed by atoms with Crippen molar-refractivity contribution in [3.05, 3.63) is 45.8 Å². The van der Waals surface area contributed by atoms with E-state index in [4.69, 9.17) is 0 Å². The average Bonchev–Trinajstić information content (AvgIpc) is 3.52. The van der Waals surface area contributed by atoms with E-state index in [1.807, 2.05) is 0 Å². The van der Waals surface area contributed by atoms with Gasteiger partial charge in [-0.05, 0) is 93.0 Å². The van der Waals surface area contributed by atoms with Gasteiger partial charge in [0.2, 0.25) is 5.95 Å². The number of tetrazole rings is 1. The molecule has 3 aromatic rings. The summed E-state index contributed by atoms with van der Waals surface area (Å²) >= 11 is 0. The lowest BCUT2D eigenvalue weighted by Crippen LogP contribution is -2.55. The quantitative estimate of drug-likeness (QED) is 0.505. The van der Waals surface area contributed by atoms with Gasteiger partial charge in [-0.1, -0.05) is 0 Å². The maximum Gasteiger partial charge on any atom is 0.368 e. The minimum atomic E-state index is -0.481. The number of nitrogens with one attached hydrogen (secondary N) is 2. The van der Waals surface area contributed by atoms with Gasteiger partial charge in [-0.3, -0.25) is 4.90 Å². The number of fused-ring (bicyclic) bond motifs is 1. The van der Waals surface area contributed by atoms with Gasteiger partial charge in [-0.25, -0.2) is 14.2 Å². The van der Waals surface area contributed by atoms with Crippen molar-refractivity contribution in [1.29, 1.82) is 5.26 Å². The highest BCUT2D eigenvalue weighted by Gasteiger charge is 2.43. The molecule has 11 nitrogen and oxygen atoms in total. The Kier molecular flexibility index (Phi) is 5.90. The van der Waals surface area contributed by atoms with E-state index < -0.39 is 11.5 Å². The molecule has 2 N–H and O–H groups in total. The van der Waals surface area contributed by atoms with Gasteiger partial charge < -0.3 is 10.6 Å². The fourth-order valence-corrected chi connectivity index (χ4v) is 6.11. The normalized spacial score (nSPS) is 22.6. The molecule has 3 aliphatic rings. The standard InChI is InChI=1S/C26H31FN10O/c1-26(2)12-17(9-18-5-4-8-36(18)26)30-23-16(13-28)14-29-24(32-23)31-21-11-22(37-25(38)35(3)33-34-37)19(10-20(21)27)15-6-7-15/h10-11,14-15,17-18H,4-9,12H2,1-3H3,(H2,29,30,31,32)/t17-,18+/m1/s1. The minimum Gasteiger partial charge on any atom is -0.366 e. The lowest BCUT2D eigenvalue weighted by atomic mass is 9.84. The second kappa shape index (κ2) is 9.16. The van der Waals surface area contributed by atoms with Crippen LogP contribution in [0.5, 0.6) is 0 Å². The molecule has 38 heavy (non-hydrogen) atoms. The second-order valence-corrected chi connectivity index (χ2v) is 11.2. The fourth-order valence-electron chi connectivity index (χ4n) is 6.11. The molecule has 0 unspecified atom stereocenters. The van der Waals surface area contributed by atoms with Gasteiger partial charge in [0.15, 0.2) is 0 Å². The Hall–Kier alpha value is -3.85. The average molecular weight is 519 g/mol. The van der Waals surface area contributed by atoms with Gasteiger partial charge in [-0.15, -0.1) is 0 Å². The highest BCUT2D eigenvalue weighted by molar-refractivity contribution is 5.64. The summed E-state index contributed by atoms with van der Waals surface area (Å²) in [4.78, 5) is 24.0. The maximum atomic E-state index is 15.2. The zero-order valence-corrected chi connectivity index (χ0v) is 21.8. The number of aromatic nitrogens is 6. The van der Waals surface area contributed by atoms with Crippen LogP contribution in [0.3, 0.4) is 0 Å². The minimum absolute atomic E-state index is 0.0548. The summed E-state index contributed by atoms with van der Waals surface area (Å²) in [5, 5.41) is 23.9. The van der Waals surface area contributed by atoms with Crippen LogP contribution in [0.4, 0.5) is 21.8 Å². The Labute approximate surface area is 219 Å². The van der Waals surface area contributed by atoms with E-state index in [1.54, 1.807) is 6.07 Å². The van der Waals surface area contributed by atoms with Gasteiger partial charge in [0, 0.05) is 24.7 Å². The van der Waals surface area contributed by atoms with Crippen LogP contribution >= 0.6 is 0 Å². The zero-order chi connectivity index (χ0) is 26.6. The molecular weight excluding hydrogens is 487 g/mol. The van der Waals surface area contributed by atoms with Crippen molar-refractivity contribution in [3.8, 4) is 11.8 Å². The molecule has 2 saturated heterocycles. The van der Waals surface area contributed by atoms with Crippen LogP contribution in [-0.2, 0) is 7.05 Å². The van der Waals surface area contributed by atoms with Crippen LogP contribution < -0.4 is 16.3 Å². The Morgan fingerprint density at radius 3 is 2.74 bits per heavy atom. The topological polar surface area (TPSA) is 130 Å². The molecule has 1 aromatic carbocycles. The first-order chi connectivity index (χ1) is 18.2. The second-order valence-electron chi connectivity index (χ2n) is 11.2. The molecule has 0 radical (unpaired) electrons. The number of aryl methyl sites for hydroxylation is 1. The molecule has 12 heteroatoms. The number of anilines is 3. The molecule has 2 atom stereocenters. The number of hydrogen-bond acceptors (Lipinski definition) is 9. The third kappa shape index (κ3) is 4.41. The van der Waals surface area contributed by atoms with Crippen molar-refractivity contribution < 1.29 is 4.39 Å². The van der Waals surface area contributed by atoms with Crippen molar-refractivity contribution in [2.24, 2.45) is 7.05 Å². The number of piperidine rings is 1. The number of nitriles is 1. The fraction of sp³-hybridized carbons (Fsp3) is 0.538. The number of rotatable bonds is 6. The van der Waals surface area contributed by atoms with Crippen LogP contribution in [0.15, 0.2) is 23.1 Å². The van der Waals surface area contributed by atoms with Gasteiger partial charge in [0.25, 0.3) is 0 Å². The maximum absolute atomic E-state index is 15.2. The van der Waals surface area contributed by atoms with E-state index in [0.717, 1.165) is 42.5 Å². The number of benzene rings is 1. The Morgan fingerprint density at radius 1 is 1.21 bits per heavy atom. The van der Waals surface area contributed by atoms with Crippen LogP contribution in [0.25, 0.3) is 5.69 Å². The summed E-state index contributed by atoms with van der Waals surface area (Å²) in [5.41, 5.74) is 1.28. The predicted molar refractivity (Wildman–Crippen MR) is 139 cm³/mol. The molecule has 1 aliphatic carbocycles. The van der Waals surface area contributed by atoms with E-state index in [0.29, 0.717) is 23.1 Å². The summed E-state index contributed by atoms with van der Waals surface area (Å²) in [6.07, 6.45) is 7.59. The van der Waals surface area contributed by atoms with E-state index in [-0.39, 0.29) is 29.1 Å². The van der Waals surface area contributed by atoms with E-state index in [2.05, 4.69) is 55.8 Å². The molecule has 2 aromatic heterocycles. The number of hydrogen-bond donors (Lipinski definition) is 2. The summed E-state index contributed by atoms with van der Waals surface area (Å²) in [6, 6.07) is 5.83. The summed E-state index contributed by atoms with van der Waals surface area (Å²) < 4.78 is 17.5. The highest BCUT2D eigenvalue weighted by Crippen LogP contribution is 2.44. The lowest BCUT2D eigenvalue weighted by Gasteiger charge is -2.47. The van der Waals surface area contributed by atoms with Crippen LogP contribution in [0.1, 0.15) is 69.4 Å². The molecule has 3 fully saturated rings. The zero-order valence-electron chi connectivity index (χ0n) is 21.8. The number of halogens is 1. The predicted octanol–water partition coefficient (Wildman–Crippen LogP) is 3.21. The molecule has 0 bridgehead atoms. The van der Waals surface area contributed by atoms with E-state index >= 15 is 4.39 Å². The van der Waals surface area contributed by atoms with Crippen LogP contribution in [0.2, 0.25) is 0 Å². The van der Waals surface area contributed by atoms with E-state index in [1.165, 1.54) is 36.8 Å². The van der Waals surface area contributed by atoms with E-state index in [9.17, 15) is 10.1 Å². The summed E-state index contributed by atoms with van der Waals surface area (Å²) in [7, 11) is 1.52. The molecule has 0 spiro atoms. The molecular formula is C26H31FN10O. The van der Waals surface area contributed by atoms with Crippen molar-refractivity contribution in [3.63, 3.8) is 0 Å². The molecule has 198 valence electrons. The van der Waals surface area contributed by atoms with Crippen molar-refractivity contribution in [1.82, 2.24) is 34.7 Å². The lowest BCUT2D eigenvalue weighted by molar-refractivity contribution is 0.0501. The molecule has 4 heterocycles. The first-order valence-electron chi connectivity index (χ1n) is 13.1. The Bertz CT molecular complexity index is 1480. The SMILES string of the molecule is Cn1nnn(-c2cc(Nc3ncc(C#N)c(N[C@@H]4C[C@@H]5CCCN5C(C)(C)C4)n3)c(F)cc2C2CC2)c1=O. The third-order valence-corrected chi connectivity index (χ3v) is 8.04. The Balaban J connectivity index is 1.30. The van der Waals surface area contributed by atoms with Gasteiger partial charge in [0.05, 0.1) is 17.6 Å². The third-order valence-electron chi connectivity index (χ3n) is 8.04. The summed E-state index contributed by atoms with van der Waals surface area (Å²) in [5.74, 6) is 0.280. The van der Waals surface area contributed by atoms with Crippen molar-refractivity contribution in [2.45, 2.75) is 75.9 Å². The van der Waals surface area contributed by atoms with Crippen LogP contribution in [0, 0.1) is 17.1 Å². The largest absolute Gasteiger partial charge is 0.368 e. The summed E-state index contributed by atoms with van der Waals surface area (Å²) in [6.45, 7) is 5.67. The monoisotopic (exact) mass is 518 g/mol. The van der Waals surface area contributed by atoms with Gasteiger partial charge >= 0.3 is 5.69 Å². The number of nitrogens with zero attached hydrogens (tertiary/aromatic N) is 8. The molecule has 1 saturated carbocycles. The van der Waals surface area contributed by atoms with Crippen molar-refractivity contribution in [2.75, 3.05) is 17.2 Å². The highest BCUT2D eigenvalue weighted by atomic mass is 19.1.